The summed E-state index contributed by atoms with van der Waals surface area (Å²) in [5.41, 5.74) is 6.68. The molecule has 4 rings (SSSR count). The Bertz CT molecular complexity index is 1200. The van der Waals surface area contributed by atoms with Crippen molar-refractivity contribution < 1.29 is 4.79 Å². The van der Waals surface area contributed by atoms with E-state index in [1.165, 1.54) is 4.57 Å². The summed E-state index contributed by atoms with van der Waals surface area (Å²) in [6.45, 7) is 0.808. The van der Waals surface area contributed by atoms with E-state index in [1.54, 1.807) is 29.5 Å². The SMILES string of the molecule is CN(Cc1nc2ccccc2s1)Cc1nc2ccccc2c(=O)n1CC(N)=O. The first-order chi connectivity index (χ1) is 13.5. The van der Waals surface area contributed by atoms with Gasteiger partial charge in [-0.2, -0.15) is 0 Å². The minimum Gasteiger partial charge on any atom is -0.368 e. The predicted molar refractivity (Wildman–Crippen MR) is 110 cm³/mol. The van der Waals surface area contributed by atoms with Gasteiger partial charge >= 0.3 is 0 Å². The molecule has 7 nitrogen and oxygen atoms in total. The van der Waals surface area contributed by atoms with Crippen LogP contribution in [-0.2, 0) is 24.4 Å². The number of nitrogens with zero attached hydrogens (tertiary/aromatic N) is 4. The third-order valence-corrected chi connectivity index (χ3v) is 5.43. The number of nitrogens with two attached hydrogens (primary N) is 1. The molecule has 2 N–H and O–H groups in total. The summed E-state index contributed by atoms with van der Waals surface area (Å²) in [5, 5.41) is 1.45. The highest BCUT2D eigenvalue weighted by Gasteiger charge is 2.15. The van der Waals surface area contributed by atoms with Crippen molar-refractivity contribution in [2.75, 3.05) is 7.05 Å². The van der Waals surface area contributed by atoms with Gasteiger partial charge in [-0.1, -0.05) is 24.3 Å². The van der Waals surface area contributed by atoms with Gasteiger partial charge in [-0.25, -0.2) is 9.97 Å². The second-order valence-electron chi connectivity index (χ2n) is 6.65. The average molecular weight is 393 g/mol. The zero-order valence-corrected chi connectivity index (χ0v) is 16.1. The fourth-order valence-electron chi connectivity index (χ4n) is 3.17. The molecule has 1 amide bonds. The quantitative estimate of drug-likeness (QED) is 0.542. The van der Waals surface area contributed by atoms with Crippen LogP contribution in [0.25, 0.3) is 21.1 Å². The minimum absolute atomic E-state index is 0.193. The third kappa shape index (κ3) is 3.64. The van der Waals surface area contributed by atoms with Crippen LogP contribution in [0, 0.1) is 0 Å². The van der Waals surface area contributed by atoms with E-state index in [4.69, 9.17) is 5.73 Å². The maximum absolute atomic E-state index is 12.8. The average Bonchev–Trinajstić information content (AvgIpc) is 3.06. The van der Waals surface area contributed by atoms with Crippen LogP contribution in [0.3, 0.4) is 0 Å². The minimum atomic E-state index is -0.575. The molecule has 0 bridgehead atoms. The molecule has 0 aliphatic carbocycles. The van der Waals surface area contributed by atoms with Crippen LogP contribution in [0.15, 0.2) is 53.3 Å². The van der Waals surface area contributed by atoms with Gasteiger partial charge in [0.2, 0.25) is 5.91 Å². The standard InChI is InChI=1S/C20H19N5O2S/c1-24(12-19-23-15-8-4-5-9-16(15)28-19)11-18-22-14-7-3-2-6-13(14)20(27)25(18)10-17(21)26/h2-9H,10-12H2,1H3,(H2,21,26). The molecule has 0 unspecified atom stereocenters. The summed E-state index contributed by atoms with van der Waals surface area (Å²) >= 11 is 1.64. The molecular weight excluding hydrogens is 374 g/mol. The second kappa shape index (κ2) is 7.49. The fourth-order valence-corrected chi connectivity index (χ4v) is 4.22. The highest BCUT2D eigenvalue weighted by molar-refractivity contribution is 7.18. The largest absolute Gasteiger partial charge is 0.368 e. The summed E-state index contributed by atoms with van der Waals surface area (Å²) in [6, 6.07) is 15.1. The van der Waals surface area contributed by atoms with Crippen molar-refractivity contribution >= 4 is 38.4 Å². The molecule has 0 saturated heterocycles. The molecule has 0 aliphatic rings. The lowest BCUT2D eigenvalue weighted by Crippen LogP contribution is -2.33. The lowest BCUT2D eigenvalue weighted by Gasteiger charge is -2.18. The number of benzene rings is 2. The zero-order valence-electron chi connectivity index (χ0n) is 15.3. The van der Waals surface area contributed by atoms with Gasteiger partial charge < -0.3 is 5.73 Å². The number of fused-ring (bicyclic) bond motifs is 2. The van der Waals surface area contributed by atoms with E-state index in [2.05, 4.69) is 9.97 Å². The number of amides is 1. The lowest BCUT2D eigenvalue weighted by molar-refractivity contribution is -0.118. The van der Waals surface area contributed by atoms with E-state index < -0.39 is 5.91 Å². The molecule has 0 saturated carbocycles. The van der Waals surface area contributed by atoms with Gasteiger partial charge in [0.25, 0.3) is 5.56 Å². The van der Waals surface area contributed by atoms with Crippen molar-refractivity contribution in [3.8, 4) is 0 Å². The smallest absolute Gasteiger partial charge is 0.261 e. The molecule has 0 fully saturated rings. The molecule has 2 aromatic heterocycles. The number of thiazole rings is 1. The lowest BCUT2D eigenvalue weighted by atomic mass is 10.2. The Morgan fingerprint density at radius 1 is 1.07 bits per heavy atom. The molecule has 2 aromatic carbocycles. The van der Waals surface area contributed by atoms with E-state index in [1.807, 2.05) is 42.3 Å². The van der Waals surface area contributed by atoms with Gasteiger partial charge in [0.05, 0.1) is 34.2 Å². The molecular formula is C20H19N5O2S. The number of hydrogen-bond donors (Lipinski definition) is 1. The van der Waals surface area contributed by atoms with Crippen molar-refractivity contribution in [1.82, 2.24) is 19.4 Å². The zero-order chi connectivity index (χ0) is 19.7. The maximum atomic E-state index is 12.8. The van der Waals surface area contributed by atoms with Gasteiger partial charge in [0.15, 0.2) is 0 Å². The highest BCUT2D eigenvalue weighted by atomic mass is 32.1. The molecule has 28 heavy (non-hydrogen) atoms. The normalized spacial score (nSPS) is 11.5. The molecule has 0 atom stereocenters. The molecule has 8 heteroatoms. The first kappa shape index (κ1) is 18.3. The monoisotopic (exact) mass is 393 g/mol. The Hall–Kier alpha value is -3.10. The molecule has 4 aromatic rings. The molecule has 0 radical (unpaired) electrons. The summed E-state index contributed by atoms with van der Waals surface area (Å²) < 4.78 is 2.50. The van der Waals surface area contributed by atoms with E-state index in [9.17, 15) is 9.59 Å². The summed E-state index contributed by atoms with van der Waals surface area (Å²) in [7, 11) is 1.93. The molecule has 0 aliphatic heterocycles. The van der Waals surface area contributed by atoms with Gasteiger partial charge in [0, 0.05) is 0 Å². The Kier molecular flexibility index (Phi) is 4.89. The van der Waals surface area contributed by atoms with Gasteiger partial charge in [0.1, 0.15) is 17.4 Å². The third-order valence-electron chi connectivity index (χ3n) is 4.41. The van der Waals surface area contributed by atoms with Crippen LogP contribution < -0.4 is 11.3 Å². The van der Waals surface area contributed by atoms with E-state index in [0.29, 0.717) is 29.8 Å². The van der Waals surface area contributed by atoms with Crippen LogP contribution in [0.5, 0.6) is 0 Å². The van der Waals surface area contributed by atoms with Gasteiger partial charge in [-0.05, 0) is 31.3 Å². The Morgan fingerprint density at radius 3 is 2.54 bits per heavy atom. The highest BCUT2D eigenvalue weighted by Crippen LogP contribution is 2.22. The number of carbonyl (C=O) groups excluding carboxylic acids is 1. The van der Waals surface area contributed by atoms with Crippen LogP contribution in [-0.4, -0.2) is 32.4 Å². The summed E-state index contributed by atoms with van der Waals surface area (Å²) in [5.74, 6) is -0.0691. The first-order valence-electron chi connectivity index (χ1n) is 8.81. The summed E-state index contributed by atoms with van der Waals surface area (Å²) in [4.78, 5) is 35.6. The van der Waals surface area contributed by atoms with Crippen molar-refractivity contribution in [3.05, 3.63) is 69.7 Å². The van der Waals surface area contributed by atoms with E-state index in [-0.39, 0.29) is 12.1 Å². The van der Waals surface area contributed by atoms with Crippen LogP contribution in [0.2, 0.25) is 0 Å². The molecule has 142 valence electrons. The van der Waals surface area contributed by atoms with Crippen LogP contribution in [0.4, 0.5) is 0 Å². The topological polar surface area (TPSA) is 94.1 Å². The number of rotatable bonds is 6. The number of primary amides is 1. The second-order valence-corrected chi connectivity index (χ2v) is 7.77. The fraction of sp³-hybridized carbons (Fsp3) is 0.200. The Balaban J connectivity index is 1.65. The van der Waals surface area contributed by atoms with Crippen LogP contribution >= 0.6 is 11.3 Å². The van der Waals surface area contributed by atoms with E-state index >= 15 is 0 Å². The summed E-state index contributed by atoms with van der Waals surface area (Å²) in [6.07, 6.45) is 0. The Labute approximate surface area is 165 Å². The number of carbonyl (C=O) groups is 1. The number of hydrogen-bond acceptors (Lipinski definition) is 6. The van der Waals surface area contributed by atoms with E-state index in [0.717, 1.165) is 15.2 Å². The number of para-hydroxylation sites is 2. The molecule has 2 heterocycles. The van der Waals surface area contributed by atoms with Crippen molar-refractivity contribution in [1.29, 1.82) is 0 Å². The van der Waals surface area contributed by atoms with Crippen molar-refractivity contribution in [3.63, 3.8) is 0 Å². The van der Waals surface area contributed by atoms with Crippen molar-refractivity contribution in [2.45, 2.75) is 19.6 Å². The molecule has 0 spiro atoms. The predicted octanol–water partition coefficient (Wildman–Crippen LogP) is 2.12. The first-order valence-corrected chi connectivity index (χ1v) is 9.62. The van der Waals surface area contributed by atoms with Crippen molar-refractivity contribution in [2.24, 2.45) is 5.73 Å². The van der Waals surface area contributed by atoms with Crippen LogP contribution in [0.1, 0.15) is 10.8 Å². The Morgan fingerprint density at radius 2 is 1.79 bits per heavy atom. The maximum Gasteiger partial charge on any atom is 0.261 e. The number of aromatic nitrogens is 3. The van der Waals surface area contributed by atoms with Gasteiger partial charge in [-0.15, -0.1) is 11.3 Å². The van der Waals surface area contributed by atoms with Gasteiger partial charge in [-0.3, -0.25) is 19.1 Å².